The maximum absolute atomic E-state index is 13.4. The second-order valence-corrected chi connectivity index (χ2v) is 6.96. The highest BCUT2D eigenvalue weighted by Crippen LogP contribution is 2.17. The molecule has 0 saturated carbocycles. The van der Waals surface area contributed by atoms with Crippen molar-refractivity contribution >= 4 is 10.0 Å². The van der Waals surface area contributed by atoms with Crippen LogP contribution in [0.3, 0.4) is 0 Å². The molecule has 2 rings (SSSR count). The molecule has 1 fully saturated rings. The number of sulfonamides is 1. The summed E-state index contributed by atoms with van der Waals surface area (Å²) >= 11 is 0. The second kappa shape index (κ2) is 7.31. The van der Waals surface area contributed by atoms with Gasteiger partial charge in [-0.05, 0) is 50.7 Å². The number of rotatable bonds is 7. The monoisotopic (exact) mass is 315 g/mol. The molecule has 0 spiro atoms. The third kappa shape index (κ3) is 4.47. The topological polar surface area (TPSA) is 61.4 Å². The van der Waals surface area contributed by atoms with Gasteiger partial charge < -0.3 is 10.2 Å². The average molecular weight is 315 g/mol. The van der Waals surface area contributed by atoms with Crippen LogP contribution in [0.15, 0.2) is 23.1 Å². The second-order valence-electron chi connectivity index (χ2n) is 5.23. The van der Waals surface area contributed by atoms with Crippen LogP contribution in [-0.2, 0) is 16.6 Å². The molecule has 1 aromatic rings. The first kappa shape index (κ1) is 16.4. The zero-order valence-electron chi connectivity index (χ0n) is 12.2. The van der Waals surface area contributed by atoms with Crippen molar-refractivity contribution in [3.63, 3.8) is 0 Å². The van der Waals surface area contributed by atoms with Gasteiger partial charge in [-0.25, -0.2) is 17.5 Å². The Morgan fingerprint density at radius 3 is 2.67 bits per heavy atom. The van der Waals surface area contributed by atoms with Crippen molar-refractivity contribution in [1.82, 2.24) is 14.9 Å². The lowest BCUT2D eigenvalue weighted by atomic mass is 10.2. The molecule has 0 bridgehead atoms. The van der Waals surface area contributed by atoms with Crippen LogP contribution >= 0.6 is 0 Å². The van der Waals surface area contributed by atoms with E-state index in [1.165, 1.54) is 25.0 Å². The summed E-state index contributed by atoms with van der Waals surface area (Å²) in [6.07, 6.45) is 2.34. The van der Waals surface area contributed by atoms with Gasteiger partial charge in [-0.2, -0.15) is 0 Å². The van der Waals surface area contributed by atoms with E-state index in [1.54, 1.807) is 7.05 Å². The molecule has 1 heterocycles. The van der Waals surface area contributed by atoms with Crippen LogP contribution in [0.1, 0.15) is 18.4 Å². The molecule has 0 aliphatic carbocycles. The van der Waals surface area contributed by atoms with E-state index in [2.05, 4.69) is 14.9 Å². The van der Waals surface area contributed by atoms with E-state index >= 15 is 0 Å². The number of likely N-dealkylation sites (tertiary alicyclic amines) is 1. The van der Waals surface area contributed by atoms with E-state index in [0.717, 1.165) is 19.2 Å². The van der Waals surface area contributed by atoms with E-state index in [9.17, 15) is 12.8 Å². The molecular formula is C14H22FN3O2S. The van der Waals surface area contributed by atoms with E-state index in [-0.39, 0.29) is 4.90 Å². The first-order chi connectivity index (χ1) is 10.0. The average Bonchev–Trinajstić information content (AvgIpc) is 2.94. The van der Waals surface area contributed by atoms with E-state index < -0.39 is 15.8 Å². The summed E-state index contributed by atoms with van der Waals surface area (Å²) in [4.78, 5) is 2.24. The standard InChI is InChI=1S/C14H22FN3O2S/c1-16-11-12-4-5-13(15)10-14(12)21(19,20)17-6-9-18-7-2-3-8-18/h4-5,10,16-17H,2-3,6-9,11H2,1H3. The lowest BCUT2D eigenvalue weighted by molar-refractivity contribution is 0.344. The third-order valence-corrected chi connectivity index (χ3v) is 5.15. The zero-order valence-corrected chi connectivity index (χ0v) is 13.0. The molecule has 0 aromatic heterocycles. The van der Waals surface area contributed by atoms with Crippen molar-refractivity contribution in [1.29, 1.82) is 0 Å². The summed E-state index contributed by atoms with van der Waals surface area (Å²) in [6.45, 7) is 3.45. The largest absolute Gasteiger partial charge is 0.316 e. The summed E-state index contributed by atoms with van der Waals surface area (Å²) in [5, 5.41) is 2.89. The van der Waals surface area contributed by atoms with Crippen LogP contribution < -0.4 is 10.0 Å². The molecule has 5 nitrogen and oxygen atoms in total. The summed E-state index contributed by atoms with van der Waals surface area (Å²) in [5.41, 5.74) is 0.563. The quantitative estimate of drug-likeness (QED) is 0.785. The Morgan fingerprint density at radius 2 is 2.00 bits per heavy atom. The smallest absolute Gasteiger partial charge is 0.241 e. The van der Waals surface area contributed by atoms with Gasteiger partial charge in [0.05, 0.1) is 4.90 Å². The number of hydrogen-bond donors (Lipinski definition) is 2. The summed E-state index contributed by atoms with van der Waals surface area (Å²) in [5.74, 6) is -0.547. The zero-order chi connectivity index (χ0) is 15.3. The van der Waals surface area contributed by atoms with Crippen LogP contribution in [0.2, 0.25) is 0 Å². The Hall–Kier alpha value is -1.02. The summed E-state index contributed by atoms with van der Waals surface area (Å²) in [6, 6.07) is 3.85. The maximum atomic E-state index is 13.4. The molecule has 1 aliphatic rings. The van der Waals surface area contributed by atoms with Crippen molar-refractivity contribution in [2.45, 2.75) is 24.3 Å². The van der Waals surface area contributed by atoms with Crippen LogP contribution in [0.5, 0.6) is 0 Å². The van der Waals surface area contributed by atoms with Gasteiger partial charge in [-0.15, -0.1) is 0 Å². The van der Waals surface area contributed by atoms with Gasteiger partial charge in [0.15, 0.2) is 0 Å². The number of nitrogens with one attached hydrogen (secondary N) is 2. The van der Waals surface area contributed by atoms with Gasteiger partial charge in [0.2, 0.25) is 10.0 Å². The minimum Gasteiger partial charge on any atom is -0.316 e. The molecule has 0 unspecified atom stereocenters. The molecule has 0 atom stereocenters. The molecular weight excluding hydrogens is 293 g/mol. The van der Waals surface area contributed by atoms with Crippen LogP contribution in [0.25, 0.3) is 0 Å². The highest BCUT2D eigenvalue weighted by Gasteiger charge is 2.19. The Kier molecular flexibility index (Phi) is 5.69. The number of nitrogens with zero attached hydrogens (tertiary/aromatic N) is 1. The fourth-order valence-corrected chi connectivity index (χ4v) is 3.81. The molecule has 0 amide bonds. The van der Waals surface area contributed by atoms with Crippen molar-refractivity contribution < 1.29 is 12.8 Å². The van der Waals surface area contributed by atoms with E-state index in [0.29, 0.717) is 25.2 Å². The molecule has 21 heavy (non-hydrogen) atoms. The minimum atomic E-state index is -3.68. The first-order valence-corrected chi connectivity index (χ1v) is 8.66. The maximum Gasteiger partial charge on any atom is 0.241 e. The van der Waals surface area contributed by atoms with Gasteiger partial charge in [0, 0.05) is 19.6 Å². The van der Waals surface area contributed by atoms with Crippen LogP contribution in [0.4, 0.5) is 4.39 Å². The summed E-state index contributed by atoms with van der Waals surface area (Å²) in [7, 11) is -1.96. The predicted octanol–water partition coefficient (Wildman–Crippen LogP) is 0.919. The molecule has 1 aromatic carbocycles. The Morgan fingerprint density at radius 1 is 1.29 bits per heavy atom. The van der Waals surface area contributed by atoms with E-state index in [4.69, 9.17) is 0 Å². The highest BCUT2D eigenvalue weighted by atomic mass is 32.2. The van der Waals surface area contributed by atoms with E-state index in [1.807, 2.05) is 0 Å². The van der Waals surface area contributed by atoms with Gasteiger partial charge in [-0.1, -0.05) is 6.07 Å². The lowest BCUT2D eigenvalue weighted by Gasteiger charge is -2.16. The van der Waals surface area contributed by atoms with Gasteiger partial charge in [-0.3, -0.25) is 0 Å². The van der Waals surface area contributed by atoms with Crippen LogP contribution in [-0.4, -0.2) is 46.5 Å². The summed E-state index contributed by atoms with van der Waals surface area (Å²) < 4.78 is 40.6. The molecule has 2 N–H and O–H groups in total. The highest BCUT2D eigenvalue weighted by molar-refractivity contribution is 7.89. The minimum absolute atomic E-state index is 0.0123. The van der Waals surface area contributed by atoms with Crippen molar-refractivity contribution in [2.24, 2.45) is 0 Å². The third-order valence-electron chi connectivity index (χ3n) is 3.60. The normalized spacial score (nSPS) is 16.5. The number of hydrogen-bond acceptors (Lipinski definition) is 4. The van der Waals surface area contributed by atoms with Gasteiger partial charge in [0.25, 0.3) is 0 Å². The van der Waals surface area contributed by atoms with Gasteiger partial charge in [0.1, 0.15) is 5.82 Å². The Labute approximate surface area is 125 Å². The molecule has 7 heteroatoms. The number of halogens is 1. The lowest BCUT2D eigenvalue weighted by Crippen LogP contribution is -2.34. The SMILES string of the molecule is CNCc1ccc(F)cc1S(=O)(=O)NCCN1CCCC1. The Bertz CT molecular complexity index is 572. The predicted molar refractivity (Wildman–Crippen MR) is 80.0 cm³/mol. The van der Waals surface area contributed by atoms with Crippen molar-refractivity contribution in [3.8, 4) is 0 Å². The fraction of sp³-hybridized carbons (Fsp3) is 0.571. The van der Waals surface area contributed by atoms with Crippen LogP contribution in [0, 0.1) is 5.82 Å². The first-order valence-electron chi connectivity index (χ1n) is 7.18. The Balaban J connectivity index is 2.05. The molecule has 118 valence electrons. The fourth-order valence-electron chi connectivity index (χ4n) is 2.54. The molecule has 1 saturated heterocycles. The van der Waals surface area contributed by atoms with Gasteiger partial charge >= 0.3 is 0 Å². The van der Waals surface area contributed by atoms with Crippen molar-refractivity contribution in [2.75, 3.05) is 33.2 Å². The molecule has 1 aliphatic heterocycles. The number of benzene rings is 1. The van der Waals surface area contributed by atoms with Crippen molar-refractivity contribution in [3.05, 3.63) is 29.6 Å². The molecule has 0 radical (unpaired) electrons.